The van der Waals surface area contributed by atoms with Gasteiger partial charge in [-0.1, -0.05) is 30.3 Å². The van der Waals surface area contributed by atoms with Gasteiger partial charge in [-0.05, 0) is 44.4 Å². The molecule has 2 aromatic rings. The predicted octanol–water partition coefficient (Wildman–Crippen LogP) is 3.04. The predicted molar refractivity (Wildman–Crippen MR) is 107 cm³/mol. The molecule has 1 saturated heterocycles. The lowest BCUT2D eigenvalue weighted by atomic mass is 10.1. The quantitative estimate of drug-likeness (QED) is 0.800. The van der Waals surface area contributed by atoms with Gasteiger partial charge in [0.05, 0.1) is 6.10 Å². The summed E-state index contributed by atoms with van der Waals surface area (Å²) >= 11 is 0. The van der Waals surface area contributed by atoms with Gasteiger partial charge in [0.1, 0.15) is 5.69 Å². The van der Waals surface area contributed by atoms with Gasteiger partial charge in [-0.15, -0.1) is 0 Å². The van der Waals surface area contributed by atoms with Crippen molar-refractivity contribution in [2.45, 2.75) is 45.4 Å². The maximum atomic E-state index is 13.0. The van der Waals surface area contributed by atoms with Gasteiger partial charge < -0.3 is 15.0 Å². The number of pyridine rings is 1. The maximum absolute atomic E-state index is 13.0. The number of hydrogen-bond donors (Lipinski definition) is 1. The van der Waals surface area contributed by atoms with Crippen LogP contribution in [-0.4, -0.2) is 47.0 Å². The van der Waals surface area contributed by atoms with Gasteiger partial charge in [-0.25, -0.2) is 0 Å². The smallest absolute Gasteiger partial charge is 0.272 e. The molecule has 3 rings (SSSR count). The lowest BCUT2D eigenvalue weighted by molar-refractivity contribution is 0.0684. The van der Waals surface area contributed by atoms with E-state index in [4.69, 9.17) is 4.74 Å². The number of hydrogen-bond acceptors (Lipinski definition) is 4. The minimum atomic E-state index is -0.217. The van der Waals surface area contributed by atoms with Crippen molar-refractivity contribution in [3.63, 3.8) is 0 Å². The molecule has 1 fully saturated rings. The van der Waals surface area contributed by atoms with Crippen LogP contribution in [0.3, 0.4) is 0 Å². The zero-order valence-corrected chi connectivity index (χ0v) is 16.4. The Kier molecular flexibility index (Phi) is 6.76. The van der Waals surface area contributed by atoms with E-state index in [0.717, 1.165) is 25.0 Å². The minimum Gasteiger partial charge on any atom is -0.376 e. The van der Waals surface area contributed by atoms with Crippen molar-refractivity contribution in [1.29, 1.82) is 0 Å². The average Bonchev–Trinajstić information content (AvgIpc) is 3.24. The number of ether oxygens (including phenoxy) is 1. The summed E-state index contributed by atoms with van der Waals surface area (Å²) in [5, 5.41) is 2.88. The molecule has 0 radical (unpaired) electrons. The third kappa shape index (κ3) is 5.16. The topological polar surface area (TPSA) is 71.5 Å². The highest BCUT2D eigenvalue weighted by Crippen LogP contribution is 2.14. The van der Waals surface area contributed by atoms with E-state index in [1.54, 1.807) is 17.0 Å². The number of amides is 2. The fourth-order valence-corrected chi connectivity index (χ4v) is 3.22. The standard InChI is InChI=1S/C22H27N3O3/c1-16(2)25(15-17-7-4-3-5-8-17)22(27)20-13-18(10-11-23-20)21(26)24-14-19-9-6-12-28-19/h3-5,7-8,10-11,13,16,19H,6,9,12,14-15H2,1-2H3,(H,24,26). The number of carbonyl (C=O) groups is 2. The first-order valence-electron chi connectivity index (χ1n) is 9.75. The minimum absolute atomic E-state index is 0.00602. The molecule has 1 aliphatic heterocycles. The Labute approximate surface area is 165 Å². The van der Waals surface area contributed by atoms with E-state index < -0.39 is 0 Å². The third-order valence-electron chi connectivity index (χ3n) is 4.84. The van der Waals surface area contributed by atoms with Crippen LogP contribution in [0.2, 0.25) is 0 Å². The normalized spacial score (nSPS) is 16.2. The van der Waals surface area contributed by atoms with Crippen molar-refractivity contribution >= 4 is 11.8 Å². The monoisotopic (exact) mass is 381 g/mol. The molecule has 0 aliphatic carbocycles. The van der Waals surface area contributed by atoms with Crippen molar-refractivity contribution in [3.8, 4) is 0 Å². The van der Waals surface area contributed by atoms with Crippen molar-refractivity contribution in [1.82, 2.24) is 15.2 Å². The van der Waals surface area contributed by atoms with E-state index in [0.29, 0.717) is 18.7 Å². The molecule has 1 unspecified atom stereocenters. The Morgan fingerprint density at radius 3 is 2.71 bits per heavy atom. The zero-order valence-electron chi connectivity index (χ0n) is 16.4. The molecular weight excluding hydrogens is 354 g/mol. The molecule has 28 heavy (non-hydrogen) atoms. The van der Waals surface area contributed by atoms with Gasteiger partial charge in [-0.3, -0.25) is 14.6 Å². The summed E-state index contributed by atoms with van der Waals surface area (Å²) in [5.74, 6) is -0.404. The Balaban J connectivity index is 1.69. The highest BCUT2D eigenvalue weighted by Gasteiger charge is 2.22. The molecule has 6 heteroatoms. The Hall–Kier alpha value is -2.73. The van der Waals surface area contributed by atoms with Crippen LogP contribution in [0.5, 0.6) is 0 Å². The van der Waals surface area contributed by atoms with Crippen molar-refractivity contribution in [2.24, 2.45) is 0 Å². The number of nitrogens with zero attached hydrogens (tertiary/aromatic N) is 2. The van der Waals surface area contributed by atoms with Crippen LogP contribution in [-0.2, 0) is 11.3 Å². The molecule has 2 amide bonds. The van der Waals surface area contributed by atoms with Crippen molar-refractivity contribution in [3.05, 3.63) is 65.5 Å². The number of carbonyl (C=O) groups excluding carboxylic acids is 2. The summed E-state index contributed by atoms with van der Waals surface area (Å²) in [4.78, 5) is 31.5. The van der Waals surface area contributed by atoms with E-state index in [2.05, 4.69) is 10.3 Å². The summed E-state index contributed by atoms with van der Waals surface area (Å²) in [6.07, 6.45) is 3.58. The van der Waals surface area contributed by atoms with Crippen LogP contribution in [0.15, 0.2) is 48.7 Å². The summed E-state index contributed by atoms with van der Waals surface area (Å²) in [7, 11) is 0. The first kappa shape index (κ1) is 20.0. The van der Waals surface area contributed by atoms with E-state index >= 15 is 0 Å². The second-order valence-corrected chi connectivity index (χ2v) is 7.29. The molecule has 1 aliphatic rings. The van der Waals surface area contributed by atoms with E-state index in [1.807, 2.05) is 44.2 Å². The molecule has 6 nitrogen and oxygen atoms in total. The lowest BCUT2D eigenvalue weighted by Crippen LogP contribution is -2.37. The largest absolute Gasteiger partial charge is 0.376 e. The summed E-state index contributed by atoms with van der Waals surface area (Å²) < 4.78 is 5.53. The molecule has 2 heterocycles. The molecule has 148 valence electrons. The van der Waals surface area contributed by atoms with Crippen LogP contribution in [0.25, 0.3) is 0 Å². The van der Waals surface area contributed by atoms with Gasteiger partial charge in [0.15, 0.2) is 0 Å². The summed E-state index contributed by atoms with van der Waals surface area (Å²) in [6, 6.07) is 13.0. The van der Waals surface area contributed by atoms with E-state index in [1.165, 1.54) is 6.20 Å². The SMILES string of the molecule is CC(C)N(Cc1ccccc1)C(=O)c1cc(C(=O)NCC2CCCO2)ccn1. The van der Waals surface area contributed by atoms with Crippen LogP contribution in [0, 0.1) is 0 Å². The van der Waals surface area contributed by atoms with Gasteiger partial charge >= 0.3 is 0 Å². The van der Waals surface area contributed by atoms with Crippen LogP contribution < -0.4 is 5.32 Å². The fourth-order valence-electron chi connectivity index (χ4n) is 3.22. The Morgan fingerprint density at radius 1 is 1.25 bits per heavy atom. The number of rotatable bonds is 7. The van der Waals surface area contributed by atoms with Gasteiger partial charge in [-0.2, -0.15) is 0 Å². The summed E-state index contributed by atoms with van der Waals surface area (Å²) in [5.41, 5.74) is 1.75. The first-order chi connectivity index (χ1) is 13.5. The average molecular weight is 381 g/mol. The molecule has 1 N–H and O–H groups in total. The number of benzene rings is 1. The molecule has 1 atom stereocenters. The maximum Gasteiger partial charge on any atom is 0.272 e. The van der Waals surface area contributed by atoms with Crippen LogP contribution >= 0.6 is 0 Å². The van der Waals surface area contributed by atoms with Crippen molar-refractivity contribution in [2.75, 3.05) is 13.2 Å². The Bertz CT molecular complexity index is 802. The molecule has 0 bridgehead atoms. The van der Waals surface area contributed by atoms with E-state index in [9.17, 15) is 9.59 Å². The second-order valence-electron chi connectivity index (χ2n) is 7.29. The molecule has 0 saturated carbocycles. The highest BCUT2D eigenvalue weighted by atomic mass is 16.5. The van der Waals surface area contributed by atoms with E-state index in [-0.39, 0.29) is 29.7 Å². The summed E-state index contributed by atoms with van der Waals surface area (Å²) in [6.45, 7) is 5.67. The third-order valence-corrected chi connectivity index (χ3v) is 4.84. The second kappa shape index (κ2) is 9.46. The molecule has 1 aromatic heterocycles. The zero-order chi connectivity index (χ0) is 19.9. The Morgan fingerprint density at radius 2 is 2.04 bits per heavy atom. The molecular formula is C22H27N3O3. The fraction of sp³-hybridized carbons (Fsp3) is 0.409. The molecule has 1 aromatic carbocycles. The van der Waals surface area contributed by atoms with Gasteiger partial charge in [0, 0.05) is 37.5 Å². The number of aromatic nitrogens is 1. The van der Waals surface area contributed by atoms with Crippen LogP contribution in [0.4, 0.5) is 0 Å². The lowest BCUT2D eigenvalue weighted by Gasteiger charge is -2.26. The number of nitrogens with one attached hydrogen (secondary N) is 1. The van der Waals surface area contributed by atoms with Crippen molar-refractivity contribution < 1.29 is 14.3 Å². The van der Waals surface area contributed by atoms with Crippen LogP contribution in [0.1, 0.15) is 53.1 Å². The van der Waals surface area contributed by atoms with Gasteiger partial charge in [0.2, 0.25) is 0 Å². The highest BCUT2D eigenvalue weighted by molar-refractivity contribution is 5.98. The first-order valence-corrected chi connectivity index (χ1v) is 9.75. The molecule has 0 spiro atoms. The van der Waals surface area contributed by atoms with Gasteiger partial charge in [0.25, 0.3) is 11.8 Å².